The fourth-order valence-corrected chi connectivity index (χ4v) is 12.5. The van der Waals surface area contributed by atoms with Gasteiger partial charge >= 0.3 is 0 Å². The molecule has 0 spiro atoms. The van der Waals surface area contributed by atoms with Crippen LogP contribution in [0.4, 0.5) is 23.3 Å². The summed E-state index contributed by atoms with van der Waals surface area (Å²) in [7, 11) is 0. The molecule has 1 aliphatic carbocycles. The first kappa shape index (κ1) is 122. The number of aromatic amines is 1. The predicted octanol–water partition coefficient (Wildman–Crippen LogP) is 30.1. The van der Waals surface area contributed by atoms with Crippen molar-refractivity contribution in [3.05, 3.63) is 178 Å². The summed E-state index contributed by atoms with van der Waals surface area (Å²) in [5, 5.41) is 13.8. The van der Waals surface area contributed by atoms with Crippen LogP contribution >= 0.6 is 0 Å². The first-order chi connectivity index (χ1) is 51.9. The van der Waals surface area contributed by atoms with E-state index in [-0.39, 0.29) is 68.4 Å². The lowest BCUT2D eigenvalue weighted by Crippen LogP contribution is -2.44. The third-order valence-electron chi connectivity index (χ3n) is 18.9. The molecule has 666 valence electrons. The molecule has 7 aromatic heterocycles. The molecule has 0 saturated heterocycles. The molecule has 12 heterocycles. The molecule has 0 fully saturated rings. The Balaban J connectivity index is -0.000000233. The number of rotatable bonds is 2. The van der Waals surface area contributed by atoms with Crippen molar-refractivity contribution in [2.75, 3.05) is 47.4 Å². The third kappa shape index (κ3) is 41.4. The number of anilines is 4. The zero-order valence-electron chi connectivity index (χ0n) is 75.7. The van der Waals surface area contributed by atoms with Crippen LogP contribution in [0.15, 0.2) is 110 Å². The van der Waals surface area contributed by atoms with Crippen LogP contribution in [-0.4, -0.2) is 87.5 Å². The zero-order chi connectivity index (χ0) is 82.7. The molecule has 14 rings (SSSR count). The van der Waals surface area contributed by atoms with Crippen molar-refractivity contribution < 1.29 is 0 Å². The second-order valence-corrected chi connectivity index (χ2v) is 32.6. The number of aromatic nitrogens is 9. The van der Waals surface area contributed by atoms with Gasteiger partial charge in [-0.05, 0) is 202 Å². The molecule has 6 aliphatic rings. The van der Waals surface area contributed by atoms with E-state index in [1.807, 2.05) is 158 Å². The third-order valence-corrected chi connectivity index (χ3v) is 18.9. The van der Waals surface area contributed by atoms with E-state index in [1.165, 1.54) is 108 Å². The van der Waals surface area contributed by atoms with Crippen LogP contribution < -0.4 is 21.3 Å². The van der Waals surface area contributed by atoms with Gasteiger partial charge in [0.2, 0.25) is 0 Å². The van der Waals surface area contributed by atoms with Gasteiger partial charge in [-0.2, -0.15) is 0 Å². The number of fused-ring (bicyclic) bond motifs is 7. The Hall–Kier alpha value is -7.32. The molecule has 8 aromatic rings. The van der Waals surface area contributed by atoms with Crippen molar-refractivity contribution >= 4 is 34.3 Å². The van der Waals surface area contributed by atoms with E-state index in [2.05, 4.69) is 229 Å². The molecule has 116 heavy (non-hydrogen) atoms. The van der Waals surface area contributed by atoms with E-state index in [0.717, 1.165) is 109 Å². The molecule has 5 N–H and O–H groups in total. The number of hydrogen-bond donors (Lipinski definition) is 5. The minimum absolute atomic E-state index is 0. The second kappa shape index (κ2) is 62.8. The Morgan fingerprint density at radius 2 is 0.879 bits per heavy atom. The van der Waals surface area contributed by atoms with E-state index in [9.17, 15) is 0 Å². The molecule has 0 radical (unpaired) electrons. The summed E-state index contributed by atoms with van der Waals surface area (Å²) in [6.45, 7) is 75.7. The number of hydrogen-bond acceptors (Lipinski definition) is 13. The van der Waals surface area contributed by atoms with Crippen molar-refractivity contribution in [2.24, 2.45) is 16.7 Å². The van der Waals surface area contributed by atoms with E-state index in [0.29, 0.717) is 28.7 Å². The van der Waals surface area contributed by atoms with Gasteiger partial charge in [0.15, 0.2) is 0 Å². The van der Waals surface area contributed by atoms with Crippen molar-refractivity contribution in [3.63, 3.8) is 0 Å². The smallest absolute Gasteiger partial charge is 0.129 e. The number of imidazole rings is 1. The fourth-order valence-electron chi connectivity index (χ4n) is 12.5. The van der Waals surface area contributed by atoms with Gasteiger partial charge < -0.3 is 26.3 Å². The summed E-state index contributed by atoms with van der Waals surface area (Å²) in [5.41, 5.74) is 18.0. The summed E-state index contributed by atoms with van der Waals surface area (Å²) in [4.78, 5) is 41.3. The minimum Gasteiger partial charge on any atom is -0.370 e. The number of pyridine rings is 5. The maximum absolute atomic E-state index is 4.91. The molecule has 14 nitrogen and oxygen atoms in total. The lowest BCUT2D eigenvalue weighted by molar-refractivity contribution is 0.118. The van der Waals surface area contributed by atoms with Crippen LogP contribution in [0.3, 0.4) is 0 Å². The predicted molar refractivity (Wildman–Crippen MR) is 526 cm³/mol. The summed E-state index contributed by atoms with van der Waals surface area (Å²) in [5.74, 6) is 7.36. The second-order valence-electron chi connectivity index (χ2n) is 32.6. The Morgan fingerprint density at radius 3 is 1.33 bits per heavy atom. The SMILES string of the molecule is C.C.C.C.C.C.C.CC.CC.CC.CC.CC.CC.CC.CC(C)(C)C1CCc2cc3c(nc2C1)NCCC3.CC(C)(C)C1CCc2cccnc2N1.CC(C)(C)N1CCc2cc3c(nc2C1)NCCC3.CC(C)(C)c1ccc2c(n1)NCCC2.CC(C)(C)c1nc2ccccc2[nH]1.CC(C)c1ccccn1.CC(C)c1ccncn1. The maximum Gasteiger partial charge on any atom is 0.129 e. The number of aryl methyl sites for hydroxylation is 5. The number of H-pyrrole nitrogens is 1. The minimum atomic E-state index is 0. The van der Waals surface area contributed by atoms with E-state index >= 15 is 0 Å². The molecule has 1 aromatic carbocycles. The van der Waals surface area contributed by atoms with Gasteiger partial charge in [0.25, 0.3) is 0 Å². The highest BCUT2D eigenvalue weighted by atomic mass is 15.2. The Labute approximate surface area is 720 Å². The molecule has 2 atom stereocenters. The van der Waals surface area contributed by atoms with Crippen molar-refractivity contribution in [3.8, 4) is 0 Å². The van der Waals surface area contributed by atoms with Crippen LogP contribution in [0.2, 0.25) is 0 Å². The largest absolute Gasteiger partial charge is 0.370 e. The van der Waals surface area contributed by atoms with E-state index in [1.54, 1.807) is 12.5 Å². The lowest BCUT2D eigenvalue weighted by atomic mass is 9.71. The lowest BCUT2D eigenvalue weighted by Gasteiger charge is -2.39. The maximum atomic E-state index is 4.91. The molecule has 0 bridgehead atoms. The average molecular weight is 1610 g/mol. The molecular weight excluding hydrogens is 1420 g/mol. The highest BCUT2D eigenvalue weighted by molar-refractivity contribution is 5.75. The Kier molecular flexibility index (Phi) is 66.0. The van der Waals surface area contributed by atoms with Gasteiger partial charge in [-0.1, -0.05) is 302 Å². The highest BCUT2D eigenvalue weighted by Crippen LogP contribution is 2.39. The van der Waals surface area contributed by atoms with Gasteiger partial charge in [-0.15, -0.1) is 0 Å². The molecule has 0 saturated carbocycles. The van der Waals surface area contributed by atoms with Gasteiger partial charge in [0, 0.05) is 96.5 Å². The van der Waals surface area contributed by atoms with Gasteiger partial charge in [-0.25, -0.2) is 34.9 Å². The van der Waals surface area contributed by atoms with Crippen LogP contribution in [0.1, 0.15) is 392 Å². The zero-order valence-corrected chi connectivity index (χ0v) is 75.7. The molecule has 2 unspecified atom stereocenters. The highest BCUT2D eigenvalue weighted by Gasteiger charge is 2.32. The Bertz CT molecular complexity index is 3510. The fraction of sp³-hybridized carbons (Fsp3) is 0.647. The number of nitrogens with one attached hydrogen (secondary N) is 5. The van der Waals surface area contributed by atoms with Gasteiger partial charge in [-0.3, -0.25) is 9.88 Å². The number of nitrogens with zero attached hydrogens (tertiary/aromatic N) is 9. The number of para-hydroxylation sites is 2. The standard InChI is InChI=1S/C16H24N2.C15H23N3.2C12H18N2.C11H14N2.C8H11N.C7H10N2.7C2H6.7CH4/c1-16(2,3)13-7-6-11-9-12-5-4-8-17-15(12)18-14(11)10-13;1-15(2,3)18-8-6-11-9-12-5-4-7-16-14(12)17-13(11)10-18;2*1-12(2,3)10-7-6-9-5-4-8-13-11(9)14-10;1-11(2,3)10-12-8-6-4-5-7-9(8)13-10;1-7(2)8-5-3-4-6-9-8;1-6(2)7-3-4-8-5-9-7;7*1-2;;;;;;;/h9,13H,4-8,10H2,1-3H3,(H,17,18);9H,4-8,10H2,1-3H3,(H,16,17);6-7H,4-5,8H2,1-3H3,(H,13,14);4-5,8,10H,6-7H2,1-3H3,(H,13,14);4-7H,1-3H3,(H,12,13);3-7H,1-2H3;3-6H,1-2H3;7*1-2H3;7*1H4. The molecule has 0 amide bonds. The molecule has 14 heteroatoms. The monoisotopic (exact) mass is 1610 g/mol. The Morgan fingerprint density at radius 1 is 0.405 bits per heavy atom. The summed E-state index contributed by atoms with van der Waals surface area (Å²) in [6.07, 6.45) is 21.5. The van der Waals surface area contributed by atoms with Crippen LogP contribution in [0, 0.1) is 16.7 Å². The molecular formula is C102H188N14. The summed E-state index contributed by atoms with van der Waals surface area (Å²) >= 11 is 0. The van der Waals surface area contributed by atoms with Crippen molar-refractivity contribution in [1.29, 1.82) is 0 Å². The van der Waals surface area contributed by atoms with Crippen molar-refractivity contribution in [2.45, 2.75) is 398 Å². The van der Waals surface area contributed by atoms with Crippen LogP contribution in [0.25, 0.3) is 11.0 Å². The number of benzene rings is 1. The van der Waals surface area contributed by atoms with E-state index in [4.69, 9.17) is 9.97 Å². The normalized spacial score (nSPS) is 14.4. The van der Waals surface area contributed by atoms with E-state index < -0.39 is 0 Å². The van der Waals surface area contributed by atoms with Crippen molar-refractivity contribution in [1.82, 2.24) is 49.8 Å². The van der Waals surface area contributed by atoms with Gasteiger partial charge in [0.05, 0.1) is 16.7 Å². The first-order valence-electron chi connectivity index (χ1n) is 42.7. The quantitative estimate of drug-likeness (QED) is 0.111. The first-order valence-corrected chi connectivity index (χ1v) is 42.7. The van der Waals surface area contributed by atoms with Gasteiger partial charge in [0.1, 0.15) is 35.4 Å². The summed E-state index contributed by atoms with van der Waals surface area (Å²) < 4.78 is 0. The summed E-state index contributed by atoms with van der Waals surface area (Å²) in [6, 6.07) is 30.0. The average Bonchev–Trinajstić information content (AvgIpc) is 1.10. The van der Waals surface area contributed by atoms with Crippen LogP contribution in [-0.2, 0) is 62.3 Å². The van der Waals surface area contributed by atoms with Crippen LogP contribution in [0.5, 0.6) is 0 Å². The molecule has 5 aliphatic heterocycles. The topological polar surface area (TPSA) is 170 Å².